The highest BCUT2D eigenvalue weighted by Gasteiger charge is 2.12. The van der Waals surface area contributed by atoms with Gasteiger partial charge in [-0.05, 0) is 56.7 Å². The first-order valence-corrected chi connectivity index (χ1v) is 9.64. The molecule has 1 rings (SSSR count). The Morgan fingerprint density at radius 3 is 2.40 bits per heavy atom. The molecule has 0 spiro atoms. The molecule has 0 saturated heterocycles. The molecule has 0 aliphatic heterocycles. The fourth-order valence-corrected chi connectivity index (χ4v) is 4.31. The largest absolute Gasteiger partial charge is 0.388 e. The molecule has 116 valence electrons. The highest BCUT2D eigenvalue weighted by molar-refractivity contribution is 8.01. The van der Waals surface area contributed by atoms with Crippen molar-refractivity contribution in [3.05, 3.63) is 17.0 Å². The van der Waals surface area contributed by atoms with Crippen molar-refractivity contribution in [1.82, 2.24) is 4.90 Å². The zero-order valence-corrected chi connectivity index (χ0v) is 14.7. The van der Waals surface area contributed by atoms with E-state index in [1.54, 1.807) is 11.3 Å². The number of thioether (sulfide) groups is 1. The van der Waals surface area contributed by atoms with Crippen molar-refractivity contribution < 1.29 is 5.11 Å². The number of nitrogens with zero attached hydrogens (tertiary/aromatic N) is 1. The first-order chi connectivity index (χ1) is 9.71. The van der Waals surface area contributed by atoms with Crippen LogP contribution in [-0.4, -0.2) is 35.4 Å². The van der Waals surface area contributed by atoms with Gasteiger partial charge in [0.05, 0.1) is 10.3 Å². The van der Waals surface area contributed by atoms with Crippen molar-refractivity contribution in [3.8, 4) is 0 Å². The Balaban J connectivity index is 2.40. The second kappa shape index (κ2) is 10.7. The Labute approximate surface area is 132 Å². The van der Waals surface area contributed by atoms with Gasteiger partial charge >= 0.3 is 0 Å². The summed E-state index contributed by atoms with van der Waals surface area (Å²) >= 11 is 3.65. The van der Waals surface area contributed by atoms with E-state index in [-0.39, 0.29) is 6.10 Å². The number of hydrogen-bond donors (Lipinski definition) is 1. The van der Waals surface area contributed by atoms with Gasteiger partial charge in [-0.2, -0.15) is 0 Å². The summed E-state index contributed by atoms with van der Waals surface area (Å²) in [5, 5.41) is 10.3. The zero-order chi connectivity index (χ0) is 14.8. The zero-order valence-electron chi connectivity index (χ0n) is 13.1. The molecule has 0 bridgehead atoms. The Hall–Kier alpha value is -0.0300. The Morgan fingerprint density at radius 1 is 1.10 bits per heavy atom. The van der Waals surface area contributed by atoms with E-state index in [2.05, 4.69) is 37.8 Å². The average molecular weight is 316 g/mol. The van der Waals surface area contributed by atoms with Crippen LogP contribution in [0.25, 0.3) is 0 Å². The van der Waals surface area contributed by atoms with Crippen molar-refractivity contribution in [2.45, 2.75) is 56.8 Å². The normalized spacial score (nSPS) is 13.1. The quantitative estimate of drug-likeness (QED) is 0.594. The van der Waals surface area contributed by atoms with Crippen LogP contribution in [0.1, 0.15) is 57.4 Å². The van der Waals surface area contributed by atoms with E-state index in [4.69, 9.17) is 0 Å². The van der Waals surface area contributed by atoms with E-state index in [1.807, 2.05) is 11.8 Å². The van der Waals surface area contributed by atoms with Gasteiger partial charge in [0.15, 0.2) is 0 Å². The number of thiophene rings is 1. The van der Waals surface area contributed by atoms with Gasteiger partial charge in [-0.1, -0.05) is 20.8 Å². The molecule has 0 aliphatic carbocycles. The van der Waals surface area contributed by atoms with Crippen molar-refractivity contribution in [1.29, 1.82) is 0 Å². The highest BCUT2D eigenvalue weighted by Crippen LogP contribution is 2.32. The molecule has 1 aromatic rings. The monoisotopic (exact) mass is 315 g/mol. The molecule has 2 nitrogen and oxygen atoms in total. The van der Waals surface area contributed by atoms with Gasteiger partial charge in [0, 0.05) is 11.4 Å². The molecular formula is C16H29NOS2. The Kier molecular flexibility index (Phi) is 9.61. The van der Waals surface area contributed by atoms with E-state index in [0.29, 0.717) is 0 Å². The Morgan fingerprint density at radius 2 is 1.80 bits per heavy atom. The topological polar surface area (TPSA) is 23.5 Å². The lowest BCUT2D eigenvalue weighted by Gasteiger charge is -2.22. The molecule has 0 amide bonds. The lowest BCUT2D eigenvalue weighted by molar-refractivity contribution is 0.144. The lowest BCUT2D eigenvalue weighted by Crippen LogP contribution is -2.27. The molecule has 1 N–H and O–H groups in total. The molecule has 1 atom stereocenters. The third-order valence-corrected chi connectivity index (χ3v) is 5.80. The maximum Gasteiger partial charge on any atom is 0.0894 e. The fraction of sp³-hybridized carbons (Fsp3) is 0.750. The molecule has 20 heavy (non-hydrogen) atoms. The van der Waals surface area contributed by atoms with E-state index < -0.39 is 0 Å². The van der Waals surface area contributed by atoms with Gasteiger partial charge in [0.25, 0.3) is 0 Å². The van der Waals surface area contributed by atoms with Gasteiger partial charge in [0.1, 0.15) is 0 Å². The van der Waals surface area contributed by atoms with Crippen molar-refractivity contribution in [2.24, 2.45) is 0 Å². The van der Waals surface area contributed by atoms with E-state index in [1.165, 1.54) is 23.5 Å². The number of hydrogen-bond acceptors (Lipinski definition) is 4. The molecule has 1 aromatic heterocycles. The first kappa shape index (κ1) is 18.0. The van der Waals surface area contributed by atoms with Crippen LogP contribution in [-0.2, 0) is 0 Å². The summed E-state index contributed by atoms with van der Waals surface area (Å²) in [5.41, 5.74) is 0. The summed E-state index contributed by atoms with van der Waals surface area (Å²) in [5.74, 6) is 1.16. The van der Waals surface area contributed by atoms with Crippen LogP contribution in [0, 0.1) is 0 Å². The highest BCUT2D eigenvalue weighted by atomic mass is 32.2. The summed E-state index contributed by atoms with van der Waals surface area (Å²) in [6, 6.07) is 4.25. The molecule has 1 unspecified atom stereocenters. The number of rotatable bonds is 11. The van der Waals surface area contributed by atoms with E-state index >= 15 is 0 Å². The lowest BCUT2D eigenvalue weighted by atomic mass is 10.2. The van der Waals surface area contributed by atoms with Crippen molar-refractivity contribution >= 4 is 23.1 Å². The predicted molar refractivity (Wildman–Crippen MR) is 91.9 cm³/mol. The van der Waals surface area contributed by atoms with Gasteiger partial charge in [-0.25, -0.2) is 0 Å². The molecular weight excluding hydrogens is 286 g/mol. The van der Waals surface area contributed by atoms with Crippen LogP contribution in [0.4, 0.5) is 0 Å². The summed E-state index contributed by atoms with van der Waals surface area (Å²) in [4.78, 5) is 3.58. The Bertz CT molecular complexity index is 348. The number of aliphatic hydroxyl groups is 1. The molecule has 0 fully saturated rings. The minimum atomic E-state index is -0.299. The summed E-state index contributed by atoms with van der Waals surface area (Å²) in [6.45, 7) is 9.92. The SMILES string of the molecule is CCCSc1ccc(C(O)CCN(CCC)CCC)s1. The summed E-state index contributed by atoms with van der Waals surface area (Å²) in [6.07, 6.45) is 4.12. The second-order valence-electron chi connectivity index (χ2n) is 5.15. The van der Waals surface area contributed by atoms with Gasteiger partial charge in [-0.3, -0.25) is 0 Å². The predicted octanol–water partition coefficient (Wildman–Crippen LogP) is 4.80. The van der Waals surface area contributed by atoms with Gasteiger partial charge in [-0.15, -0.1) is 23.1 Å². The minimum absolute atomic E-state index is 0.299. The second-order valence-corrected chi connectivity index (χ2v) is 7.66. The van der Waals surface area contributed by atoms with Crippen LogP contribution >= 0.6 is 23.1 Å². The molecule has 0 aliphatic rings. The van der Waals surface area contributed by atoms with Gasteiger partial charge in [0.2, 0.25) is 0 Å². The van der Waals surface area contributed by atoms with Gasteiger partial charge < -0.3 is 10.0 Å². The molecule has 0 radical (unpaired) electrons. The summed E-state index contributed by atoms with van der Waals surface area (Å²) in [7, 11) is 0. The van der Waals surface area contributed by atoms with Crippen LogP contribution in [0.15, 0.2) is 16.3 Å². The smallest absolute Gasteiger partial charge is 0.0894 e. The number of aliphatic hydroxyl groups excluding tert-OH is 1. The molecule has 4 heteroatoms. The standard InChI is InChI=1S/C16H29NOS2/c1-4-10-17(11-5-2)12-9-14(18)15-7-8-16(20-15)19-13-6-3/h7-8,14,18H,4-6,9-13H2,1-3H3. The van der Waals surface area contributed by atoms with Crippen LogP contribution in [0.3, 0.4) is 0 Å². The van der Waals surface area contributed by atoms with Crippen LogP contribution < -0.4 is 0 Å². The first-order valence-electron chi connectivity index (χ1n) is 7.84. The fourth-order valence-electron chi connectivity index (χ4n) is 2.21. The molecule has 0 saturated carbocycles. The third kappa shape index (κ3) is 6.61. The van der Waals surface area contributed by atoms with Crippen LogP contribution in [0.2, 0.25) is 0 Å². The maximum atomic E-state index is 10.3. The maximum absolute atomic E-state index is 10.3. The molecule has 1 heterocycles. The van der Waals surface area contributed by atoms with Crippen molar-refractivity contribution in [3.63, 3.8) is 0 Å². The minimum Gasteiger partial charge on any atom is -0.388 e. The summed E-state index contributed by atoms with van der Waals surface area (Å²) < 4.78 is 1.33. The van der Waals surface area contributed by atoms with Crippen LogP contribution in [0.5, 0.6) is 0 Å². The average Bonchev–Trinajstić information content (AvgIpc) is 2.91. The van der Waals surface area contributed by atoms with E-state index in [9.17, 15) is 5.11 Å². The molecule has 0 aromatic carbocycles. The van der Waals surface area contributed by atoms with E-state index in [0.717, 1.165) is 36.7 Å². The van der Waals surface area contributed by atoms with Crippen molar-refractivity contribution in [2.75, 3.05) is 25.4 Å². The third-order valence-electron chi connectivity index (χ3n) is 3.18.